The predicted molar refractivity (Wildman–Crippen MR) is 95.9 cm³/mol. The van der Waals surface area contributed by atoms with Gasteiger partial charge < -0.3 is 9.80 Å². The lowest BCUT2D eigenvalue weighted by atomic mass is 9.83. The van der Waals surface area contributed by atoms with Gasteiger partial charge in [0.05, 0.1) is 12.1 Å². The van der Waals surface area contributed by atoms with Gasteiger partial charge in [0.25, 0.3) is 11.8 Å². The van der Waals surface area contributed by atoms with Crippen molar-refractivity contribution in [2.45, 2.75) is 59.1 Å². The van der Waals surface area contributed by atoms with Crippen LogP contribution < -0.4 is 0 Å². The van der Waals surface area contributed by atoms with Gasteiger partial charge in [0, 0.05) is 11.8 Å². The zero-order valence-corrected chi connectivity index (χ0v) is 16.1. The molecule has 9 aliphatic heterocycles. The molecule has 0 aromatic heterocycles. The summed E-state index contributed by atoms with van der Waals surface area (Å²) in [6, 6.07) is -0.282. The minimum absolute atomic E-state index is 0.0432. The number of nitrogens with zero attached hydrogens (tertiary/aromatic N) is 2. The molecule has 146 valence electrons. The van der Waals surface area contributed by atoms with Gasteiger partial charge in [0.2, 0.25) is 0 Å². The Labute approximate surface area is 167 Å². The number of hydrogen-bond donors (Lipinski definition) is 0. The number of hydrogen-bond acceptors (Lipinski definition) is 8. The second kappa shape index (κ2) is 4.65. The summed E-state index contributed by atoms with van der Waals surface area (Å²) in [6.45, 7) is 0. The maximum absolute atomic E-state index is 14.0. The van der Waals surface area contributed by atoms with Crippen molar-refractivity contribution in [1.82, 2.24) is 9.80 Å². The van der Waals surface area contributed by atoms with Crippen molar-refractivity contribution >= 4 is 33.4 Å². The molecule has 2 amide bonds. The summed E-state index contributed by atoms with van der Waals surface area (Å²) >= 11 is 0. The van der Waals surface area contributed by atoms with E-state index in [-0.39, 0.29) is 60.1 Å². The molecule has 28 heavy (non-hydrogen) atoms. The summed E-state index contributed by atoms with van der Waals surface area (Å²) in [6.07, 6.45) is 8.13. The fourth-order valence-electron chi connectivity index (χ4n) is 6.65. The van der Waals surface area contributed by atoms with Crippen LogP contribution in [0.5, 0.6) is 0 Å². The average Bonchev–Trinajstić information content (AvgIpc) is 3.30. The molecule has 6 bridgehead atoms. The Morgan fingerprint density at radius 1 is 0.714 bits per heavy atom. The first-order valence-electron chi connectivity index (χ1n) is 9.69. The maximum Gasteiger partial charge on any atom is 0.261 e. The highest BCUT2D eigenvalue weighted by molar-refractivity contribution is 8.78. The highest BCUT2D eigenvalue weighted by Crippen LogP contribution is 2.71. The SMILES string of the molecule is O=C1N2[C@H]3[C@@H](C[C@@]24SS[C@@]12C[C@@H]1[C@@H]([C@@H]5C=C[C@@H]1OO5)N2C4=O)[C@H]1C=C[C@H]3OO1. The number of fused-ring (bicyclic) bond motifs is 3. The molecule has 0 N–H and O–H groups in total. The standard InChI is InChI=1S/C18H16N2O6S2/c21-15-17-5-7-9-1-3-11(25-23-9)13(7)19(17)16(22)18(28-27-17)6-8-10-2-4-12(26-24-10)14(8)20(15)18/h1-4,7-14H,5-6H2/t7-,8-,9-,10+,11-,12+,13-,14-,17-,18-/m0/s1. The van der Waals surface area contributed by atoms with Gasteiger partial charge in [0.1, 0.15) is 24.4 Å². The van der Waals surface area contributed by atoms with Gasteiger partial charge in [-0.05, 0) is 12.8 Å². The van der Waals surface area contributed by atoms with Crippen molar-refractivity contribution in [1.29, 1.82) is 0 Å². The fraction of sp³-hybridized carbons (Fsp3) is 0.667. The Hall–Kier alpha value is -1.04. The van der Waals surface area contributed by atoms with E-state index < -0.39 is 9.74 Å². The molecule has 2 aliphatic carbocycles. The molecule has 11 rings (SSSR count). The number of carbonyl (C=O) groups excluding carboxylic acids is 2. The molecule has 0 aromatic carbocycles. The number of rotatable bonds is 0. The molecule has 2 spiro atoms. The molecule has 0 radical (unpaired) electrons. The van der Waals surface area contributed by atoms with Crippen molar-refractivity contribution in [2.75, 3.05) is 0 Å². The molecule has 0 saturated carbocycles. The highest BCUT2D eigenvalue weighted by atomic mass is 33.1. The van der Waals surface area contributed by atoms with Crippen LogP contribution >= 0.6 is 21.6 Å². The van der Waals surface area contributed by atoms with E-state index in [0.29, 0.717) is 12.8 Å². The molecule has 9 heterocycles. The summed E-state index contributed by atoms with van der Waals surface area (Å²) in [7, 11) is 3.13. The third kappa shape index (κ3) is 1.43. The average molecular weight is 420 g/mol. The van der Waals surface area contributed by atoms with Crippen molar-refractivity contribution in [3.63, 3.8) is 0 Å². The third-order valence-electron chi connectivity index (χ3n) is 7.75. The summed E-state index contributed by atoms with van der Waals surface area (Å²) < 4.78 is 0. The van der Waals surface area contributed by atoms with Crippen molar-refractivity contribution in [3.05, 3.63) is 24.3 Å². The Kier molecular flexibility index (Phi) is 2.62. The van der Waals surface area contributed by atoms with Crippen molar-refractivity contribution in [3.8, 4) is 0 Å². The molecule has 11 aliphatic rings. The Morgan fingerprint density at radius 2 is 1.11 bits per heavy atom. The summed E-state index contributed by atoms with van der Waals surface area (Å²) in [4.78, 5) is 51.9. The van der Waals surface area contributed by atoms with Gasteiger partial charge in [0.15, 0.2) is 9.74 Å². The normalized spacial score (nSPS) is 59.0. The minimum Gasteiger partial charge on any atom is -0.309 e. The van der Waals surface area contributed by atoms with E-state index in [1.807, 2.05) is 34.1 Å². The van der Waals surface area contributed by atoms with Crippen LogP contribution in [0.25, 0.3) is 0 Å². The minimum atomic E-state index is -0.880. The Balaban J connectivity index is 1.30. The second-order valence-electron chi connectivity index (χ2n) is 8.82. The van der Waals surface area contributed by atoms with Gasteiger partial charge in [-0.25, -0.2) is 19.6 Å². The van der Waals surface area contributed by atoms with Crippen LogP contribution in [0.4, 0.5) is 0 Å². The highest BCUT2D eigenvalue weighted by Gasteiger charge is 2.80. The van der Waals surface area contributed by atoms with Gasteiger partial charge in [-0.2, -0.15) is 0 Å². The fourth-order valence-corrected chi connectivity index (χ4v) is 10.5. The van der Waals surface area contributed by atoms with Crippen LogP contribution in [0.15, 0.2) is 24.3 Å². The van der Waals surface area contributed by atoms with Crippen LogP contribution in [-0.4, -0.2) is 67.9 Å². The summed E-state index contributed by atoms with van der Waals surface area (Å²) in [5, 5.41) is 0. The molecular weight excluding hydrogens is 404 g/mol. The summed E-state index contributed by atoms with van der Waals surface area (Å²) in [5.74, 6) is 0.249. The number of carbonyl (C=O) groups is 2. The van der Waals surface area contributed by atoms with E-state index in [0.717, 1.165) is 0 Å². The molecule has 0 unspecified atom stereocenters. The molecule has 7 saturated heterocycles. The molecule has 10 heteroatoms. The van der Waals surface area contributed by atoms with E-state index in [4.69, 9.17) is 19.6 Å². The number of amides is 2. The van der Waals surface area contributed by atoms with Crippen LogP contribution in [0.2, 0.25) is 0 Å². The van der Waals surface area contributed by atoms with Gasteiger partial charge in [-0.15, -0.1) is 0 Å². The monoisotopic (exact) mass is 420 g/mol. The topological polar surface area (TPSA) is 77.5 Å². The first kappa shape index (κ1) is 15.8. The quantitative estimate of drug-likeness (QED) is 0.323. The van der Waals surface area contributed by atoms with Crippen LogP contribution in [-0.2, 0) is 29.1 Å². The first-order valence-corrected chi connectivity index (χ1v) is 11.8. The predicted octanol–water partition coefficient (Wildman–Crippen LogP) is 0.759. The molecule has 10 atom stereocenters. The van der Waals surface area contributed by atoms with Crippen molar-refractivity contribution in [2.24, 2.45) is 11.8 Å². The molecular formula is C18H16N2O6S2. The molecule has 7 fully saturated rings. The van der Waals surface area contributed by atoms with E-state index in [9.17, 15) is 9.59 Å². The lowest BCUT2D eigenvalue weighted by Gasteiger charge is -2.59. The van der Waals surface area contributed by atoms with Gasteiger partial charge in [-0.3, -0.25) is 9.59 Å². The van der Waals surface area contributed by atoms with Gasteiger partial charge >= 0.3 is 0 Å². The van der Waals surface area contributed by atoms with E-state index in [1.165, 1.54) is 0 Å². The van der Waals surface area contributed by atoms with Crippen LogP contribution in [0.3, 0.4) is 0 Å². The van der Waals surface area contributed by atoms with E-state index >= 15 is 0 Å². The zero-order valence-electron chi connectivity index (χ0n) is 14.5. The maximum atomic E-state index is 14.0. The lowest BCUT2D eigenvalue weighted by molar-refractivity contribution is -0.382. The van der Waals surface area contributed by atoms with E-state index in [1.54, 1.807) is 21.6 Å². The van der Waals surface area contributed by atoms with Gasteiger partial charge in [-0.1, -0.05) is 45.9 Å². The smallest absolute Gasteiger partial charge is 0.261 e. The van der Waals surface area contributed by atoms with E-state index in [2.05, 4.69) is 0 Å². The molecule has 0 aromatic rings. The van der Waals surface area contributed by atoms with Crippen molar-refractivity contribution < 1.29 is 29.1 Å². The first-order chi connectivity index (χ1) is 13.6. The van der Waals surface area contributed by atoms with Crippen LogP contribution in [0.1, 0.15) is 12.8 Å². The van der Waals surface area contributed by atoms with Crippen LogP contribution in [0, 0.1) is 11.8 Å². The Bertz CT molecular complexity index is 841. The third-order valence-corrected chi connectivity index (χ3v) is 11.4. The Morgan fingerprint density at radius 3 is 1.50 bits per heavy atom. The zero-order chi connectivity index (χ0) is 18.4. The largest absolute Gasteiger partial charge is 0.309 e. The number of piperazine rings is 1. The second-order valence-corrected chi connectivity index (χ2v) is 11.5. The lowest BCUT2D eigenvalue weighted by Crippen LogP contribution is -2.77. The molecule has 8 nitrogen and oxygen atoms in total. The summed E-state index contributed by atoms with van der Waals surface area (Å²) in [5.41, 5.74) is 0.